The SMILES string of the molecule is Cc1cnccc1CNC(C)C(=O)NC1CCCCC1. The first kappa shape index (κ1) is 15.0. The molecule has 1 aliphatic carbocycles. The van der Waals surface area contributed by atoms with Crippen molar-refractivity contribution in [3.8, 4) is 0 Å². The zero-order chi connectivity index (χ0) is 14.4. The fourth-order valence-electron chi connectivity index (χ4n) is 2.63. The van der Waals surface area contributed by atoms with Gasteiger partial charge in [-0.2, -0.15) is 0 Å². The molecular weight excluding hydrogens is 250 g/mol. The molecule has 1 unspecified atom stereocenters. The lowest BCUT2D eigenvalue weighted by atomic mass is 9.95. The Hall–Kier alpha value is -1.42. The molecule has 2 N–H and O–H groups in total. The van der Waals surface area contributed by atoms with Crippen LogP contribution in [0.1, 0.15) is 50.2 Å². The van der Waals surface area contributed by atoms with Crippen LogP contribution >= 0.6 is 0 Å². The average Bonchev–Trinajstić information content (AvgIpc) is 2.47. The summed E-state index contributed by atoms with van der Waals surface area (Å²) in [6.45, 7) is 4.67. The van der Waals surface area contributed by atoms with Crippen molar-refractivity contribution >= 4 is 5.91 Å². The van der Waals surface area contributed by atoms with E-state index in [4.69, 9.17) is 0 Å². The van der Waals surface area contributed by atoms with E-state index in [0.717, 1.165) is 18.4 Å². The van der Waals surface area contributed by atoms with Crippen molar-refractivity contribution in [2.75, 3.05) is 0 Å². The molecule has 1 amide bonds. The van der Waals surface area contributed by atoms with Gasteiger partial charge in [-0.1, -0.05) is 19.3 Å². The van der Waals surface area contributed by atoms with Crippen molar-refractivity contribution in [2.45, 2.75) is 64.6 Å². The minimum atomic E-state index is -0.163. The maximum atomic E-state index is 12.1. The van der Waals surface area contributed by atoms with Crippen LogP contribution < -0.4 is 10.6 Å². The number of nitrogens with one attached hydrogen (secondary N) is 2. The summed E-state index contributed by atoms with van der Waals surface area (Å²) in [6.07, 6.45) is 9.68. The highest BCUT2D eigenvalue weighted by Crippen LogP contribution is 2.17. The predicted molar refractivity (Wildman–Crippen MR) is 80.3 cm³/mol. The lowest BCUT2D eigenvalue weighted by Gasteiger charge is -2.24. The third-order valence-corrected chi connectivity index (χ3v) is 4.08. The molecule has 1 aromatic heterocycles. The van der Waals surface area contributed by atoms with Gasteiger partial charge in [0.1, 0.15) is 0 Å². The van der Waals surface area contributed by atoms with E-state index >= 15 is 0 Å². The van der Waals surface area contributed by atoms with Crippen LogP contribution in [0.4, 0.5) is 0 Å². The quantitative estimate of drug-likeness (QED) is 0.867. The largest absolute Gasteiger partial charge is 0.352 e. The Morgan fingerprint density at radius 2 is 2.15 bits per heavy atom. The number of rotatable bonds is 5. The molecule has 4 nitrogen and oxygen atoms in total. The van der Waals surface area contributed by atoms with Gasteiger partial charge in [-0.3, -0.25) is 9.78 Å². The van der Waals surface area contributed by atoms with Gasteiger partial charge in [-0.15, -0.1) is 0 Å². The first-order valence-electron chi connectivity index (χ1n) is 7.60. The highest BCUT2D eigenvalue weighted by molar-refractivity contribution is 5.81. The molecule has 1 aromatic rings. The van der Waals surface area contributed by atoms with E-state index in [1.165, 1.54) is 24.8 Å². The summed E-state index contributed by atoms with van der Waals surface area (Å²) in [5.74, 6) is 0.114. The van der Waals surface area contributed by atoms with Crippen molar-refractivity contribution < 1.29 is 4.79 Å². The summed E-state index contributed by atoms with van der Waals surface area (Å²) in [5.41, 5.74) is 2.34. The monoisotopic (exact) mass is 275 g/mol. The highest BCUT2D eigenvalue weighted by atomic mass is 16.2. The van der Waals surface area contributed by atoms with E-state index in [1.807, 2.05) is 26.1 Å². The van der Waals surface area contributed by atoms with Gasteiger partial charge in [0.2, 0.25) is 5.91 Å². The van der Waals surface area contributed by atoms with Gasteiger partial charge in [0.05, 0.1) is 6.04 Å². The molecule has 0 saturated heterocycles. The highest BCUT2D eigenvalue weighted by Gasteiger charge is 2.19. The van der Waals surface area contributed by atoms with Crippen molar-refractivity contribution in [3.63, 3.8) is 0 Å². The zero-order valence-electron chi connectivity index (χ0n) is 12.5. The Morgan fingerprint density at radius 3 is 2.85 bits per heavy atom. The molecule has 0 aromatic carbocycles. The summed E-state index contributed by atoms with van der Waals surface area (Å²) in [5, 5.41) is 6.44. The van der Waals surface area contributed by atoms with Crippen LogP contribution in [0.3, 0.4) is 0 Å². The second-order valence-corrected chi connectivity index (χ2v) is 5.75. The lowest BCUT2D eigenvalue weighted by Crippen LogP contribution is -2.46. The molecule has 0 spiro atoms. The van der Waals surface area contributed by atoms with Gasteiger partial charge >= 0.3 is 0 Å². The number of nitrogens with zero attached hydrogens (tertiary/aromatic N) is 1. The van der Waals surface area contributed by atoms with Crippen molar-refractivity contribution in [1.29, 1.82) is 0 Å². The molecule has 0 aliphatic heterocycles. The number of hydrogen-bond acceptors (Lipinski definition) is 3. The average molecular weight is 275 g/mol. The predicted octanol–water partition coefficient (Wildman–Crippen LogP) is 2.32. The summed E-state index contributed by atoms with van der Waals surface area (Å²) in [6, 6.07) is 2.21. The van der Waals surface area contributed by atoms with Crippen LogP contribution in [0.5, 0.6) is 0 Å². The summed E-state index contributed by atoms with van der Waals surface area (Å²) < 4.78 is 0. The molecule has 1 heterocycles. The standard InChI is InChI=1S/C16H25N3O/c1-12-10-17-9-8-14(12)11-18-13(2)16(20)19-15-6-4-3-5-7-15/h8-10,13,15,18H,3-7,11H2,1-2H3,(H,19,20). The second kappa shape index (κ2) is 7.39. The number of pyridine rings is 1. The van der Waals surface area contributed by atoms with Crippen LogP contribution in [0.25, 0.3) is 0 Å². The van der Waals surface area contributed by atoms with Crippen molar-refractivity contribution in [1.82, 2.24) is 15.6 Å². The maximum Gasteiger partial charge on any atom is 0.237 e. The number of aromatic nitrogens is 1. The minimum absolute atomic E-state index is 0.114. The Kier molecular flexibility index (Phi) is 5.53. The second-order valence-electron chi connectivity index (χ2n) is 5.75. The third-order valence-electron chi connectivity index (χ3n) is 4.08. The fourth-order valence-corrected chi connectivity index (χ4v) is 2.63. The number of hydrogen-bond donors (Lipinski definition) is 2. The summed E-state index contributed by atoms with van der Waals surface area (Å²) >= 11 is 0. The Morgan fingerprint density at radius 1 is 1.40 bits per heavy atom. The van der Waals surface area contributed by atoms with Crippen molar-refractivity contribution in [2.24, 2.45) is 0 Å². The molecule has 1 aliphatic rings. The molecule has 1 atom stereocenters. The lowest BCUT2D eigenvalue weighted by molar-refractivity contribution is -0.123. The van der Waals surface area contributed by atoms with Crippen LogP contribution in [-0.2, 0) is 11.3 Å². The molecule has 2 rings (SSSR count). The molecule has 4 heteroatoms. The van der Waals surface area contributed by atoms with E-state index in [2.05, 4.69) is 15.6 Å². The molecule has 1 saturated carbocycles. The summed E-state index contributed by atoms with van der Waals surface area (Å²) in [4.78, 5) is 16.2. The zero-order valence-corrected chi connectivity index (χ0v) is 12.5. The molecule has 0 radical (unpaired) electrons. The maximum absolute atomic E-state index is 12.1. The van der Waals surface area contributed by atoms with Crippen LogP contribution in [0.2, 0.25) is 0 Å². The molecule has 0 bridgehead atoms. The van der Waals surface area contributed by atoms with Gasteiger partial charge < -0.3 is 10.6 Å². The fraction of sp³-hybridized carbons (Fsp3) is 0.625. The number of carbonyl (C=O) groups excluding carboxylic acids is 1. The van der Waals surface area contributed by atoms with E-state index < -0.39 is 0 Å². The van der Waals surface area contributed by atoms with E-state index in [-0.39, 0.29) is 11.9 Å². The molecule has 110 valence electrons. The Labute approximate surface area is 121 Å². The first-order chi connectivity index (χ1) is 9.66. The van der Waals surface area contributed by atoms with Crippen LogP contribution in [0, 0.1) is 6.92 Å². The molecule has 20 heavy (non-hydrogen) atoms. The Balaban J connectivity index is 1.77. The van der Waals surface area contributed by atoms with Gasteiger partial charge in [0.25, 0.3) is 0 Å². The van der Waals surface area contributed by atoms with Gasteiger partial charge in [0.15, 0.2) is 0 Å². The topological polar surface area (TPSA) is 54.0 Å². The van der Waals surface area contributed by atoms with Crippen LogP contribution in [-0.4, -0.2) is 23.0 Å². The van der Waals surface area contributed by atoms with E-state index in [9.17, 15) is 4.79 Å². The minimum Gasteiger partial charge on any atom is -0.352 e. The van der Waals surface area contributed by atoms with E-state index in [0.29, 0.717) is 12.6 Å². The van der Waals surface area contributed by atoms with Gasteiger partial charge in [-0.25, -0.2) is 0 Å². The third kappa shape index (κ3) is 4.30. The number of aryl methyl sites for hydroxylation is 1. The number of carbonyl (C=O) groups is 1. The number of amides is 1. The van der Waals surface area contributed by atoms with Gasteiger partial charge in [0, 0.05) is 25.0 Å². The Bertz CT molecular complexity index is 441. The molecule has 1 fully saturated rings. The summed E-state index contributed by atoms with van der Waals surface area (Å²) in [7, 11) is 0. The van der Waals surface area contributed by atoms with Crippen LogP contribution in [0.15, 0.2) is 18.5 Å². The van der Waals surface area contributed by atoms with Crippen molar-refractivity contribution in [3.05, 3.63) is 29.6 Å². The molecular formula is C16H25N3O. The van der Waals surface area contributed by atoms with E-state index in [1.54, 1.807) is 6.20 Å². The first-order valence-corrected chi connectivity index (χ1v) is 7.60. The normalized spacial score (nSPS) is 17.7. The van der Waals surface area contributed by atoms with Gasteiger partial charge in [-0.05, 0) is 43.9 Å². The smallest absolute Gasteiger partial charge is 0.237 e.